The summed E-state index contributed by atoms with van der Waals surface area (Å²) in [6.45, 7) is 0.420. The van der Waals surface area contributed by atoms with Crippen molar-refractivity contribution in [1.82, 2.24) is 9.88 Å². The van der Waals surface area contributed by atoms with Crippen molar-refractivity contribution in [2.24, 2.45) is 0 Å². The third-order valence-corrected chi connectivity index (χ3v) is 6.56. The molecule has 1 unspecified atom stereocenters. The lowest BCUT2D eigenvalue weighted by molar-refractivity contribution is -0.310. The number of nitrogens with zero attached hydrogens (tertiary/aromatic N) is 2. The average Bonchev–Trinajstić information content (AvgIpc) is 3.11. The number of pyridine rings is 1. The van der Waals surface area contributed by atoms with E-state index in [4.69, 9.17) is 18.9 Å². The Hall–Kier alpha value is -5.29. The van der Waals surface area contributed by atoms with Gasteiger partial charge in [0.2, 0.25) is 0 Å². The zero-order valence-electron chi connectivity index (χ0n) is 20.8. The van der Waals surface area contributed by atoms with Gasteiger partial charge in [0.15, 0.2) is 6.23 Å². The van der Waals surface area contributed by atoms with Gasteiger partial charge in [-0.15, -0.1) is 0 Å². The van der Waals surface area contributed by atoms with E-state index < -0.39 is 36.0 Å². The molecule has 200 valence electrons. The third kappa shape index (κ3) is 4.58. The van der Waals surface area contributed by atoms with Crippen molar-refractivity contribution in [3.8, 4) is 5.75 Å². The Morgan fingerprint density at radius 1 is 0.775 bits per heavy atom. The smallest absolute Gasteiger partial charge is 0.353 e. The van der Waals surface area contributed by atoms with Crippen LogP contribution in [0.1, 0.15) is 28.5 Å². The van der Waals surface area contributed by atoms with Crippen molar-refractivity contribution >= 4 is 29.6 Å². The van der Waals surface area contributed by atoms with Gasteiger partial charge in [0.25, 0.3) is 0 Å². The van der Waals surface area contributed by atoms with E-state index in [-0.39, 0.29) is 23.4 Å². The molecule has 3 aliphatic rings. The monoisotopic (exact) mass is 539 g/mol. The van der Waals surface area contributed by atoms with Gasteiger partial charge in [-0.1, -0.05) is 30.3 Å². The molecule has 40 heavy (non-hydrogen) atoms. The first-order valence-electron chi connectivity index (χ1n) is 12.3. The van der Waals surface area contributed by atoms with Gasteiger partial charge in [-0.25, -0.2) is 19.2 Å². The molecule has 0 amide bonds. The molecule has 11 heteroatoms. The van der Waals surface area contributed by atoms with Crippen LogP contribution in [0.2, 0.25) is 0 Å². The number of hydrogen-bond acceptors (Lipinski definition) is 11. The third-order valence-electron chi connectivity index (χ3n) is 6.56. The number of aromatic nitrogens is 1. The lowest BCUT2D eigenvalue weighted by Crippen LogP contribution is -2.48. The van der Waals surface area contributed by atoms with Gasteiger partial charge in [0.1, 0.15) is 5.75 Å². The Morgan fingerprint density at radius 3 is 2.20 bits per heavy atom. The Bertz CT molecular complexity index is 1560. The standard InChI is InChI=1S/C29H21N3O8/c33-23-8-9-24(34)38-28-27-21(6-3-7-22(27)37-23)29(39-25(35)10-11-26(36)40-29)32(28)17-19-5-2-1-4-18(19)16-31-20-12-14-30-15-13-20/h1-15,28H,16-17H2,(H,30,31)/b9-8-. The first kappa shape index (κ1) is 25.0. The van der Waals surface area contributed by atoms with E-state index in [1.165, 1.54) is 11.0 Å². The van der Waals surface area contributed by atoms with Gasteiger partial charge in [-0.2, -0.15) is 4.90 Å². The Balaban J connectivity index is 1.46. The minimum atomic E-state index is -2.13. The summed E-state index contributed by atoms with van der Waals surface area (Å²) < 4.78 is 22.8. The first-order chi connectivity index (χ1) is 19.4. The number of fused-ring (bicyclic) bond motifs is 1. The number of esters is 4. The highest BCUT2D eigenvalue weighted by Crippen LogP contribution is 2.53. The number of anilines is 1. The number of carbonyl (C=O) groups excluding carboxylic acids is 4. The number of nitrogens with one attached hydrogen (secondary N) is 1. The summed E-state index contributed by atoms with van der Waals surface area (Å²) >= 11 is 0. The summed E-state index contributed by atoms with van der Waals surface area (Å²) in [5.74, 6) is -5.42. The van der Waals surface area contributed by atoms with Crippen LogP contribution in [0, 0.1) is 0 Å². The van der Waals surface area contributed by atoms with E-state index in [0.29, 0.717) is 6.54 Å². The molecule has 3 aliphatic heterocycles. The molecule has 1 aromatic heterocycles. The van der Waals surface area contributed by atoms with Gasteiger partial charge >= 0.3 is 29.8 Å². The number of hydrogen-bond donors (Lipinski definition) is 1. The highest BCUT2D eigenvalue weighted by atomic mass is 16.8. The van der Waals surface area contributed by atoms with E-state index in [2.05, 4.69) is 10.3 Å². The zero-order chi connectivity index (χ0) is 27.7. The van der Waals surface area contributed by atoms with E-state index >= 15 is 0 Å². The number of carbonyl (C=O) groups is 4. The molecule has 0 aliphatic carbocycles. The lowest BCUT2D eigenvalue weighted by atomic mass is 10.1. The summed E-state index contributed by atoms with van der Waals surface area (Å²) in [7, 11) is 0. The van der Waals surface area contributed by atoms with Crippen LogP contribution >= 0.6 is 0 Å². The molecule has 1 N–H and O–H groups in total. The maximum Gasteiger partial charge on any atom is 0.353 e. The summed E-state index contributed by atoms with van der Waals surface area (Å²) in [6, 6.07) is 15.8. The van der Waals surface area contributed by atoms with Crippen LogP contribution in [0.5, 0.6) is 5.75 Å². The zero-order valence-corrected chi connectivity index (χ0v) is 20.8. The van der Waals surface area contributed by atoms with Gasteiger partial charge in [0, 0.05) is 55.5 Å². The van der Waals surface area contributed by atoms with Crippen molar-refractivity contribution in [3.05, 3.63) is 114 Å². The fourth-order valence-corrected chi connectivity index (χ4v) is 4.83. The van der Waals surface area contributed by atoms with Crippen LogP contribution in [0.25, 0.3) is 0 Å². The van der Waals surface area contributed by atoms with Crippen LogP contribution in [0.15, 0.2) is 91.3 Å². The summed E-state index contributed by atoms with van der Waals surface area (Å²) in [5.41, 5.74) is 2.87. The second kappa shape index (κ2) is 10.1. The second-order valence-electron chi connectivity index (χ2n) is 9.00. The molecular weight excluding hydrogens is 518 g/mol. The molecule has 6 rings (SSSR count). The molecule has 4 heterocycles. The van der Waals surface area contributed by atoms with Crippen LogP contribution in [-0.2, 0) is 52.4 Å². The Morgan fingerprint density at radius 2 is 1.45 bits per heavy atom. The predicted octanol–water partition coefficient (Wildman–Crippen LogP) is 2.99. The van der Waals surface area contributed by atoms with Crippen LogP contribution in [0.4, 0.5) is 5.69 Å². The van der Waals surface area contributed by atoms with Gasteiger partial charge < -0.3 is 24.3 Å². The number of ether oxygens (including phenoxy) is 4. The molecule has 0 fully saturated rings. The highest BCUT2D eigenvalue weighted by molar-refractivity contribution is 5.94. The summed E-state index contributed by atoms with van der Waals surface area (Å²) in [5, 5.41) is 3.33. The molecule has 3 aromatic rings. The van der Waals surface area contributed by atoms with Crippen molar-refractivity contribution in [3.63, 3.8) is 0 Å². The molecular formula is C29H21N3O8. The number of benzene rings is 2. The molecule has 0 saturated heterocycles. The number of rotatable bonds is 5. The minimum absolute atomic E-state index is 0.00150. The normalized spacial score (nSPS) is 20.1. The highest BCUT2D eigenvalue weighted by Gasteiger charge is 2.60. The average molecular weight is 540 g/mol. The first-order valence-corrected chi connectivity index (χ1v) is 12.3. The van der Waals surface area contributed by atoms with Crippen LogP contribution in [0.3, 0.4) is 0 Å². The lowest BCUT2D eigenvalue weighted by Gasteiger charge is -2.37. The maximum absolute atomic E-state index is 12.7. The Kier molecular flexibility index (Phi) is 6.33. The van der Waals surface area contributed by atoms with Crippen molar-refractivity contribution in [1.29, 1.82) is 0 Å². The summed E-state index contributed by atoms with van der Waals surface area (Å²) in [6.07, 6.45) is 5.90. The van der Waals surface area contributed by atoms with Gasteiger partial charge in [-0.3, -0.25) is 4.98 Å². The van der Waals surface area contributed by atoms with Crippen molar-refractivity contribution in [2.75, 3.05) is 5.32 Å². The largest absolute Gasteiger partial charge is 0.438 e. The van der Waals surface area contributed by atoms with E-state index in [0.717, 1.165) is 41.1 Å². The van der Waals surface area contributed by atoms with Crippen LogP contribution < -0.4 is 10.1 Å². The maximum atomic E-state index is 12.7. The molecule has 0 bridgehead atoms. The Labute approximate surface area is 227 Å². The minimum Gasteiger partial charge on any atom is -0.438 e. The van der Waals surface area contributed by atoms with Crippen molar-refractivity contribution < 1.29 is 38.1 Å². The van der Waals surface area contributed by atoms with Gasteiger partial charge in [-0.05, 0) is 35.4 Å². The van der Waals surface area contributed by atoms with Crippen LogP contribution in [-0.4, -0.2) is 33.8 Å². The van der Waals surface area contributed by atoms with Crippen molar-refractivity contribution in [2.45, 2.75) is 25.2 Å². The van der Waals surface area contributed by atoms with E-state index in [1.807, 2.05) is 36.4 Å². The topological polar surface area (TPSA) is 133 Å². The second-order valence-corrected chi connectivity index (χ2v) is 9.00. The molecule has 1 spiro atoms. The molecule has 2 aromatic carbocycles. The van der Waals surface area contributed by atoms with E-state index in [1.54, 1.807) is 24.5 Å². The predicted molar refractivity (Wildman–Crippen MR) is 137 cm³/mol. The van der Waals surface area contributed by atoms with E-state index in [9.17, 15) is 19.2 Å². The molecule has 0 saturated carbocycles. The summed E-state index contributed by atoms with van der Waals surface area (Å²) in [4.78, 5) is 56.0. The quantitative estimate of drug-likeness (QED) is 0.379. The van der Waals surface area contributed by atoms with Gasteiger partial charge in [0.05, 0.1) is 11.1 Å². The molecule has 11 nitrogen and oxygen atoms in total. The fraction of sp³-hybridized carbons (Fsp3) is 0.138. The SMILES string of the molecule is O=C1C=CC(=O)OC2(O1)c1cccc3c1C(OC(=O)/C=C\C(=O)O3)N2Cc1ccccc1CNc1ccncc1. The fourth-order valence-electron chi connectivity index (χ4n) is 4.83. The molecule has 0 radical (unpaired) electrons. The molecule has 1 atom stereocenters.